The summed E-state index contributed by atoms with van der Waals surface area (Å²) < 4.78 is 45.5. The molecule has 140 valence electrons. The highest BCUT2D eigenvalue weighted by molar-refractivity contribution is 7.89. The highest BCUT2D eigenvalue weighted by Gasteiger charge is 2.26. The van der Waals surface area contributed by atoms with Gasteiger partial charge < -0.3 is 10.1 Å². The molecule has 2 heterocycles. The number of morpholine rings is 1. The van der Waals surface area contributed by atoms with Crippen molar-refractivity contribution in [3.05, 3.63) is 60.4 Å². The predicted molar refractivity (Wildman–Crippen MR) is 101 cm³/mol. The summed E-state index contributed by atoms with van der Waals surface area (Å²) in [7, 11) is -3.55. The second-order valence-electron chi connectivity index (χ2n) is 6.20. The van der Waals surface area contributed by atoms with Gasteiger partial charge in [0.05, 0.1) is 23.6 Å². The zero-order chi connectivity index (χ0) is 18.9. The number of hydrogen-bond donors (Lipinski definition) is 1. The Morgan fingerprint density at radius 1 is 1.04 bits per heavy atom. The molecular formula is C19H18FN3O3S. The lowest BCUT2D eigenvalue weighted by Crippen LogP contribution is -2.40. The summed E-state index contributed by atoms with van der Waals surface area (Å²) in [6.45, 7) is 1.52. The van der Waals surface area contributed by atoms with E-state index < -0.39 is 10.0 Å². The molecule has 0 radical (unpaired) electrons. The van der Waals surface area contributed by atoms with Crippen LogP contribution in [0.3, 0.4) is 0 Å². The zero-order valence-corrected chi connectivity index (χ0v) is 15.2. The molecule has 1 saturated heterocycles. The Morgan fingerprint density at radius 3 is 2.63 bits per heavy atom. The van der Waals surface area contributed by atoms with Crippen molar-refractivity contribution in [2.75, 3.05) is 31.6 Å². The van der Waals surface area contributed by atoms with Gasteiger partial charge in [-0.1, -0.05) is 6.07 Å². The van der Waals surface area contributed by atoms with Gasteiger partial charge in [0.15, 0.2) is 0 Å². The van der Waals surface area contributed by atoms with Crippen LogP contribution in [0.4, 0.5) is 15.9 Å². The van der Waals surface area contributed by atoms with Crippen molar-refractivity contribution in [3.63, 3.8) is 0 Å². The number of nitrogens with zero attached hydrogens (tertiary/aromatic N) is 2. The fraction of sp³-hybridized carbons (Fsp3) is 0.211. The van der Waals surface area contributed by atoms with Crippen LogP contribution in [0.5, 0.6) is 0 Å². The summed E-state index contributed by atoms with van der Waals surface area (Å²) in [6, 6.07) is 14.5. The molecule has 4 rings (SSSR count). The second kappa shape index (κ2) is 7.22. The average molecular weight is 387 g/mol. The summed E-state index contributed by atoms with van der Waals surface area (Å²) in [5.41, 5.74) is 1.24. The number of pyridine rings is 1. The largest absolute Gasteiger partial charge is 0.379 e. The SMILES string of the molecule is O=S(=O)(c1ccc2nc(Nc3cccc(F)c3)ccc2c1)N1CCOCC1. The van der Waals surface area contributed by atoms with E-state index in [1.54, 1.807) is 42.5 Å². The molecule has 1 aliphatic heterocycles. The Balaban J connectivity index is 1.62. The van der Waals surface area contributed by atoms with Crippen LogP contribution in [-0.2, 0) is 14.8 Å². The molecule has 0 aliphatic carbocycles. The topological polar surface area (TPSA) is 71.5 Å². The second-order valence-corrected chi connectivity index (χ2v) is 8.14. The van der Waals surface area contributed by atoms with Crippen LogP contribution in [0.15, 0.2) is 59.5 Å². The van der Waals surface area contributed by atoms with Crippen molar-refractivity contribution < 1.29 is 17.5 Å². The lowest BCUT2D eigenvalue weighted by molar-refractivity contribution is 0.0730. The summed E-state index contributed by atoms with van der Waals surface area (Å²) >= 11 is 0. The van der Waals surface area contributed by atoms with E-state index >= 15 is 0 Å². The summed E-state index contributed by atoms with van der Waals surface area (Å²) in [5, 5.41) is 3.76. The van der Waals surface area contributed by atoms with Crippen molar-refractivity contribution in [3.8, 4) is 0 Å². The Hall–Kier alpha value is -2.55. The van der Waals surface area contributed by atoms with Gasteiger partial charge >= 0.3 is 0 Å². The minimum atomic E-state index is -3.55. The summed E-state index contributed by atoms with van der Waals surface area (Å²) in [5.74, 6) is 0.218. The van der Waals surface area contributed by atoms with Crippen LogP contribution in [-0.4, -0.2) is 44.0 Å². The highest BCUT2D eigenvalue weighted by Crippen LogP contribution is 2.24. The Kier molecular flexibility index (Phi) is 4.77. The van der Waals surface area contributed by atoms with Gasteiger partial charge in [0, 0.05) is 24.2 Å². The molecule has 0 unspecified atom stereocenters. The minimum Gasteiger partial charge on any atom is -0.379 e. The summed E-state index contributed by atoms with van der Waals surface area (Å²) in [4.78, 5) is 4.71. The van der Waals surface area contributed by atoms with E-state index in [-0.39, 0.29) is 10.7 Å². The standard InChI is InChI=1S/C19H18FN3O3S/c20-15-2-1-3-16(13-15)21-19-7-4-14-12-17(5-6-18(14)22-19)27(24,25)23-8-10-26-11-9-23/h1-7,12-13H,8-11H2,(H,21,22). The van der Waals surface area contributed by atoms with E-state index in [1.807, 2.05) is 0 Å². The van der Waals surface area contributed by atoms with Crippen molar-refractivity contribution in [2.45, 2.75) is 4.90 Å². The number of rotatable bonds is 4. The van der Waals surface area contributed by atoms with Crippen molar-refractivity contribution in [1.82, 2.24) is 9.29 Å². The van der Waals surface area contributed by atoms with Crippen LogP contribution in [0.2, 0.25) is 0 Å². The molecule has 8 heteroatoms. The first-order valence-electron chi connectivity index (χ1n) is 8.54. The Labute approximate surface area is 156 Å². The van der Waals surface area contributed by atoms with Gasteiger partial charge in [0.1, 0.15) is 11.6 Å². The first-order valence-corrected chi connectivity index (χ1v) is 9.98. The van der Waals surface area contributed by atoms with Crippen molar-refractivity contribution in [2.24, 2.45) is 0 Å². The minimum absolute atomic E-state index is 0.240. The van der Waals surface area contributed by atoms with Crippen LogP contribution >= 0.6 is 0 Å². The van der Waals surface area contributed by atoms with E-state index in [2.05, 4.69) is 10.3 Å². The Bertz CT molecular complexity index is 1080. The van der Waals surface area contributed by atoms with Gasteiger partial charge in [-0.05, 0) is 48.5 Å². The van der Waals surface area contributed by atoms with E-state index in [4.69, 9.17) is 4.74 Å². The van der Waals surface area contributed by atoms with Gasteiger partial charge in [0.25, 0.3) is 0 Å². The van der Waals surface area contributed by atoms with E-state index in [0.29, 0.717) is 48.7 Å². The maximum atomic E-state index is 13.3. The smallest absolute Gasteiger partial charge is 0.243 e. The molecule has 0 saturated carbocycles. The molecule has 2 aromatic carbocycles. The number of anilines is 2. The zero-order valence-electron chi connectivity index (χ0n) is 14.4. The molecule has 1 fully saturated rings. The van der Waals surface area contributed by atoms with E-state index in [0.717, 1.165) is 0 Å². The molecule has 0 atom stereocenters. The third-order valence-corrected chi connectivity index (χ3v) is 6.26. The third kappa shape index (κ3) is 3.78. The number of ether oxygens (including phenoxy) is 1. The maximum Gasteiger partial charge on any atom is 0.243 e. The predicted octanol–water partition coefficient (Wildman–Crippen LogP) is 3.14. The number of benzene rings is 2. The van der Waals surface area contributed by atoms with Crippen LogP contribution in [0.1, 0.15) is 0 Å². The number of nitrogens with one attached hydrogen (secondary N) is 1. The Morgan fingerprint density at radius 2 is 1.85 bits per heavy atom. The van der Waals surface area contributed by atoms with Gasteiger partial charge in [-0.15, -0.1) is 0 Å². The van der Waals surface area contributed by atoms with Gasteiger partial charge in [0.2, 0.25) is 10.0 Å². The monoisotopic (exact) mass is 387 g/mol. The number of aromatic nitrogens is 1. The number of fused-ring (bicyclic) bond motifs is 1. The first kappa shape index (κ1) is 17.8. The number of hydrogen-bond acceptors (Lipinski definition) is 5. The molecule has 27 heavy (non-hydrogen) atoms. The van der Waals surface area contributed by atoms with Crippen LogP contribution < -0.4 is 5.32 Å². The summed E-state index contributed by atoms with van der Waals surface area (Å²) in [6.07, 6.45) is 0. The molecular weight excluding hydrogens is 369 g/mol. The fourth-order valence-electron chi connectivity index (χ4n) is 2.98. The quantitative estimate of drug-likeness (QED) is 0.745. The van der Waals surface area contributed by atoms with Crippen LogP contribution in [0.25, 0.3) is 10.9 Å². The van der Waals surface area contributed by atoms with Gasteiger partial charge in [-0.3, -0.25) is 0 Å². The van der Waals surface area contributed by atoms with E-state index in [9.17, 15) is 12.8 Å². The van der Waals surface area contributed by atoms with Gasteiger partial charge in [-0.2, -0.15) is 4.31 Å². The lowest BCUT2D eigenvalue weighted by atomic mass is 10.2. The number of halogens is 1. The van der Waals surface area contributed by atoms with Crippen molar-refractivity contribution >= 4 is 32.4 Å². The molecule has 3 aromatic rings. The third-order valence-electron chi connectivity index (χ3n) is 4.37. The lowest BCUT2D eigenvalue weighted by Gasteiger charge is -2.26. The molecule has 1 aromatic heterocycles. The molecule has 1 N–H and O–H groups in total. The first-order chi connectivity index (χ1) is 13.0. The normalized spacial score (nSPS) is 15.7. The molecule has 0 spiro atoms. The maximum absolute atomic E-state index is 13.3. The van der Waals surface area contributed by atoms with Crippen molar-refractivity contribution in [1.29, 1.82) is 0 Å². The highest BCUT2D eigenvalue weighted by atomic mass is 32.2. The fourth-order valence-corrected chi connectivity index (χ4v) is 4.43. The van der Waals surface area contributed by atoms with E-state index in [1.165, 1.54) is 16.4 Å². The molecule has 0 bridgehead atoms. The molecule has 0 amide bonds. The van der Waals surface area contributed by atoms with Crippen LogP contribution in [0, 0.1) is 5.82 Å². The average Bonchev–Trinajstić information content (AvgIpc) is 2.68. The molecule has 1 aliphatic rings. The number of sulfonamides is 1. The molecule has 6 nitrogen and oxygen atoms in total. The van der Waals surface area contributed by atoms with Gasteiger partial charge in [-0.25, -0.2) is 17.8 Å².